The van der Waals surface area contributed by atoms with Crippen LogP contribution in [0.2, 0.25) is 0 Å². The van der Waals surface area contributed by atoms with Crippen molar-refractivity contribution in [3.63, 3.8) is 0 Å². The molecular weight excluding hydrogens is 374 g/mol. The van der Waals surface area contributed by atoms with E-state index in [1.807, 2.05) is 32.0 Å². The number of nitro benzene ring substituents is 1. The maximum absolute atomic E-state index is 11.9. The highest BCUT2D eigenvalue weighted by atomic mass is 16.6. The molecule has 1 N–H and O–H groups in total. The highest BCUT2D eigenvalue weighted by molar-refractivity contribution is 5.81. The Bertz CT molecular complexity index is 1070. The largest absolute Gasteiger partial charge is 0.483 e. The number of hydrazone groups is 1. The van der Waals surface area contributed by atoms with E-state index in [9.17, 15) is 14.9 Å². The SMILES string of the molecule is Cc1ccc(OCC(=O)N/N=C\c2ccc(-c3cccc([N+](=O)[O-])c3)o2)c(C)c1. The predicted octanol–water partition coefficient (Wildman–Crippen LogP) is 4.00. The van der Waals surface area contributed by atoms with Crippen LogP contribution in [-0.4, -0.2) is 23.7 Å². The number of rotatable bonds is 7. The van der Waals surface area contributed by atoms with Crippen LogP contribution < -0.4 is 10.2 Å². The van der Waals surface area contributed by atoms with Gasteiger partial charge in [0.1, 0.15) is 17.3 Å². The van der Waals surface area contributed by atoms with E-state index in [-0.39, 0.29) is 12.3 Å². The molecule has 0 aliphatic carbocycles. The Morgan fingerprint density at radius 1 is 1.21 bits per heavy atom. The molecule has 8 heteroatoms. The first-order valence-electron chi connectivity index (χ1n) is 8.79. The van der Waals surface area contributed by atoms with Crippen molar-refractivity contribution in [2.75, 3.05) is 6.61 Å². The smallest absolute Gasteiger partial charge is 0.277 e. The Labute approximate surface area is 167 Å². The summed E-state index contributed by atoms with van der Waals surface area (Å²) in [6, 6.07) is 15.1. The Balaban J connectivity index is 1.55. The number of benzene rings is 2. The molecule has 1 amide bonds. The van der Waals surface area contributed by atoms with Crippen molar-refractivity contribution in [3.05, 3.63) is 81.6 Å². The molecule has 0 aliphatic heterocycles. The Morgan fingerprint density at radius 3 is 2.79 bits per heavy atom. The lowest BCUT2D eigenvalue weighted by molar-refractivity contribution is -0.384. The zero-order chi connectivity index (χ0) is 20.8. The molecule has 1 aromatic heterocycles. The molecule has 0 fully saturated rings. The van der Waals surface area contributed by atoms with Gasteiger partial charge in [-0.3, -0.25) is 14.9 Å². The third-order valence-electron chi connectivity index (χ3n) is 4.04. The molecule has 3 rings (SSSR count). The Kier molecular flexibility index (Phi) is 6.03. The fourth-order valence-corrected chi connectivity index (χ4v) is 2.65. The second-order valence-corrected chi connectivity index (χ2v) is 6.36. The van der Waals surface area contributed by atoms with E-state index in [0.717, 1.165) is 11.1 Å². The molecule has 0 saturated carbocycles. The first-order valence-corrected chi connectivity index (χ1v) is 8.79. The van der Waals surface area contributed by atoms with Crippen LogP contribution in [0, 0.1) is 24.0 Å². The Morgan fingerprint density at radius 2 is 2.03 bits per heavy atom. The number of carbonyl (C=O) groups excluding carboxylic acids is 1. The van der Waals surface area contributed by atoms with Gasteiger partial charge in [0.25, 0.3) is 11.6 Å². The molecule has 1 heterocycles. The monoisotopic (exact) mass is 393 g/mol. The first-order chi connectivity index (χ1) is 13.9. The van der Waals surface area contributed by atoms with Crippen LogP contribution in [0.15, 0.2) is 64.1 Å². The topological polar surface area (TPSA) is 107 Å². The number of carbonyl (C=O) groups is 1. The summed E-state index contributed by atoms with van der Waals surface area (Å²) < 4.78 is 11.1. The molecule has 3 aromatic rings. The van der Waals surface area contributed by atoms with Crippen molar-refractivity contribution in [1.29, 1.82) is 0 Å². The predicted molar refractivity (Wildman–Crippen MR) is 108 cm³/mol. The van der Waals surface area contributed by atoms with Crippen LogP contribution in [0.3, 0.4) is 0 Å². The van der Waals surface area contributed by atoms with Gasteiger partial charge in [-0.15, -0.1) is 0 Å². The maximum Gasteiger partial charge on any atom is 0.277 e. The highest BCUT2D eigenvalue weighted by Crippen LogP contribution is 2.25. The molecule has 2 aromatic carbocycles. The van der Waals surface area contributed by atoms with Crippen LogP contribution in [0.5, 0.6) is 5.75 Å². The zero-order valence-electron chi connectivity index (χ0n) is 15.9. The number of ether oxygens (including phenoxy) is 1. The maximum atomic E-state index is 11.9. The molecule has 0 bridgehead atoms. The van der Waals surface area contributed by atoms with Crippen molar-refractivity contribution in [2.24, 2.45) is 5.10 Å². The van der Waals surface area contributed by atoms with Gasteiger partial charge in [0.2, 0.25) is 0 Å². The summed E-state index contributed by atoms with van der Waals surface area (Å²) in [5.74, 6) is 1.08. The number of hydrogen-bond acceptors (Lipinski definition) is 6. The van der Waals surface area contributed by atoms with Crippen LogP contribution in [-0.2, 0) is 4.79 Å². The van der Waals surface area contributed by atoms with Crippen LogP contribution in [0.4, 0.5) is 5.69 Å². The van der Waals surface area contributed by atoms with Crippen LogP contribution in [0.25, 0.3) is 11.3 Å². The Hall–Kier alpha value is -3.94. The summed E-state index contributed by atoms with van der Waals surface area (Å²) in [4.78, 5) is 22.3. The third-order valence-corrected chi connectivity index (χ3v) is 4.04. The van der Waals surface area contributed by atoms with Gasteiger partial charge < -0.3 is 9.15 Å². The summed E-state index contributed by atoms with van der Waals surface area (Å²) in [7, 11) is 0. The van der Waals surface area contributed by atoms with E-state index in [1.165, 1.54) is 18.3 Å². The average molecular weight is 393 g/mol. The third kappa shape index (κ3) is 5.29. The first kappa shape index (κ1) is 19.8. The number of nitrogens with zero attached hydrogens (tertiary/aromatic N) is 2. The molecule has 148 valence electrons. The molecule has 0 spiro atoms. The van der Waals surface area contributed by atoms with Gasteiger partial charge in [-0.2, -0.15) is 5.10 Å². The van der Waals surface area contributed by atoms with Crippen LogP contribution in [0.1, 0.15) is 16.9 Å². The number of furan rings is 1. The fraction of sp³-hybridized carbons (Fsp3) is 0.143. The summed E-state index contributed by atoms with van der Waals surface area (Å²) in [6.45, 7) is 3.73. The van der Waals surface area contributed by atoms with Crippen molar-refractivity contribution in [2.45, 2.75) is 13.8 Å². The van der Waals surface area contributed by atoms with E-state index in [1.54, 1.807) is 24.3 Å². The zero-order valence-corrected chi connectivity index (χ0v) is 15.9. The van der Waals surface area contributed by atoms with E-state index in [4.69, 9.17) is 9.15 Å². The number of nitro groups is 1. The standard InChI is InChI=1S/C21H19N3O5/c1-14-6-8-19(15(2)10-14)28-13-21(25)23-22-12-18-7-9-20(29-18)16-4-3-5-17(11-16)24(26)27/h3-12H,13H2,1-2H3,(H,23,25)/b22-12-. The average Bonchev–Trinajstić information content (AvgIpc) is 3.16. The van der Waals surface area contributed by atoms with Gasteiger partial charge in [-0.1, -0.05) is 29.8 Å². The summed E-state index contributed by atoms with van der Waals surface area (Å²) in [5, 5.41) is 14.7. The molecule has 0 atom stereocenters. The lowest BCUT2D eigenvalue weighted by Crippen LogP contribution is -2.24. The van der Waals surface area contributed by atoms with Gasteiger partial charge in [0.15, 0.2) is 6.61 Å². The summed E-state index contributed by atoms with van der Waals surface area (Å²) in [6.07, 6.45) is 1.34. The minimum atomic E-state index is -0.468. The molecule has 0 saturated heterocycles. The molecular formula is C21H19N3O5. The fourth-order valence-electron chi connectivity index (χ4n) is 2.65. The number of nitrogens with one attached hydrogen (secondary N) is 1. The van der Waals surface area contributed by atoms with E-state index < -0.39 is 10.8 Å². The van der Waals surface area contributed by atoms with E-state index in [2.05, 4.69) is 10.5 Å². The summed E-state index contributed by atoms with van der Waals surface area (Å²) >= 11 is 0. The second kappa shape index (κ2) is 8.83. The van der Waals surface area contributed by atoms with Gasteiger partial charge in [-0.05, 0) is 37.6 Å². The highest BCUT2D eigenvalue weighted by Gasteiger charge is 2.10. The van der Waals surface area contributed by atoms with Crippen LogP contribution >= 0.6 is 0 Å². The molecule has 0 unspecified atom stereocenters. The molecule has 0 aliphatic rings. The lowest BCUT2D eigenvalue weighted by Gasteiger charge is -2.08. The molecule has 0 radical (unpaired) electrons. The van der Waals surface area contributed by atoms with Gasteiger partial charge >= 0.3 is 0 Å². The van der Waals surface area contributed by atoms with Crippen molar-refractivity contribution in [3.8, 4) is 17.1 Å². The summed E-state index contributed by atoms with van der Waals surface area (Å²) in [5.41, 5.74) is 4.98. The van der Waals surface area contributed by atoms with Gasteiger partial charge in [0, 0.05) is 17.7 Å². The number of hydrogen-bond donors (Lipinski definition) is 1. The van der Waals surface area contributed by atoms with Crippen molar-refractivity contribution < 1.29 is 18.9 Å². The van der Waals surface area contributed by atoms with Gasteiger partial charge in [-0.25, -0.2) is 5.43 Å². The number of amides is 1. The number of aryl methyl sites for hydroxylation is 2. The number of non-ortho nitro benzene ring substituents is 1. The van der Waals surface area contributed by atoms with Gasteiger partial charge in [0.05, 0.1) is 11.1 Å². The molecule has 8 nitrogen and oxygen atoms in total. The minimum absolute atomic E-state index is 0.0230. The second-order valence-electron chi connectivity index (χ2n) is 6.36. The van der Waals surface area contributed by atoms with E-state index in [0.29, 0.717) is 22.8 Å². The quantitative estimate of drug-likeness (QED) is 0.371. The lowest BCUT2D eigenvalue weighted by atomic mass is 10.1. The van der Waals surface area contributed by atoms with Crippen molar-refractivity contribution in [1.82, 2.24) is 5.43 Å². The minimum Gasteiger partial charge on any atom is -0.483 e. The van der Waals surface area contributed by atoms with E-state index >= 15 is 0 Å². The normalized spacial score (nSPS) is 10.8. The molecule has 29 heavy (non-hydrogen) atoms. The van der Waals surface area contributed by atoms with Crippen molar-refractivity contribution >= 4 is 17.8 Å².